The SMILES string of the molecule is C[C@H]1[C@@H](C[C@H](OC(=O)N(c2ccccc2)c2ccccc2)C2O[C@@H]3O[C@]4(C)CC[C@H]5[C@H](C)CC[C@@H]([C@H]2C)[C@@]35OO4)O[C@@H]2O[C@]3(C)CC[C@H]4[C@H](C)CC[C@@H]1[C@@]24OO3. The van der Waals surface area contributed by atoms with E-state index in [1.165, 1.54) is 0 Å². The number of para-hydroxylation sites is 2. The molecule has 11 heteroatoms. The van der Waals surface area contributed by atoms with Crippen LogP contribution < -0.4 is 4.90 Å². The molecule has 2 aromatic carbocycles. The minimum Gasteiger partial charge on any atom is -0.443 e. The van der Waals surface area contributed by atoms with Gasteiger partial charge in [0.1, 0.15) is 12.2 Å². The van der Waals surface area contributed by atoms with E-state index in [1.807, 2.05) is 74.5 Å². The number of ether oxygens (including phenoxy) is 5. The number of nitrogens with zero attached hydrogens (tertiary/aromatic N) is 1. The van der Waals surface area contributed by atoms with Crippen LogP contribution in [-0.2, 0) is 43.2 Å². The maximum atomic E-state index is 14.9. The lowest BCUT2D eigenvalue weighted by Crippen LogP contribution is -2.72. The summed E-state index contributed by atoms with van der Waals surface area (Å²) in [5.41, 5.74) is -0.00748. The molecule has 10 fully saturated rings. The number of amides is 1. The van der Waals surface area contributed by atoms with Gasteiger partial charge in [-0.25, -0.2) is 29.2 Å². The Labute approximate surface area is 330 Å². The molecule has 2 aromatic rings. The van der Waals surface area contributed by atoms with Gasteiger partial charge in [-0.1, -0.05) is 64.1 Å². The maximum absolute atomic E-state index is 14.9. The van der Waals surface area contributed by atoms with Crippen LogP contribution in [0.4, 0.5) is 16.2 Å². The highest BCUT2D eigenvalue weighted by Gasteiger charge is 2.72. The standard InChI is InChI=1S/C45H59NO10/c1-26-17-19-34-28(3)36(48-39-44(34)32(26)21-23-42(5,51-39)53-55-44)25-37(49-41(47)46(30-13-9-7-10-14-30)31-15-11-8-12-16-31)38-29(4)35-20-18-27(2)33-22-24-43(6)52-40(50-38)45(33,35)56-54-43/h7-16,26-29,32-40H,17-25H2,1-6H3/t26-,27-,28-,29-,32+,33+,34+,35+,36-,37+,38?,39-,40-,42+,43+,44-,45-/m1/s1. The number of fused-ring (bicyclic) bond motifs is 4. The Bertz CT molecular complexity index is 1730. The van der Waals surface area contributed by atoms with Crippen molar-refractivity contribution in [3.63, 3.8) is 0 Å². The van der Waals surface area contributed by atoms with Crippen LogP contribution in [0.1, 0.15) is 99.3 Å². The highest BCUT2D eigenvalue weighted by atomic mass is 17.3. The van der Waals surface area contributed by atoms with Crippen molar-refractivity contribution < 1.29 is 48.0 Å². The van der Waals surface area contributed by atoms with E-state index in [-0.39, 0.29) is 41.6 Å². The molecule has 0 radical (unpaired) electrons. The summed E-state index contributed by atoms with van der Waals surface area (Å²) in [6, 6.07) is 19.3. The van der Waals surface area contributed by atoms with Crippen molar-refractivity contribution in [2.45, 2.75) is 153 Å². The third-order valence-electron chi connectivity index (χ3n) is 15.8. The maximum Gasteiger partial charge on any atom is 0.419 e. The summed E-state index contributed by atoms with van der Waals surface area (Å²) in [6.45, 7) is 13.1. The first-order valence-electron chi connectivity index (χ1n) is 21.5. The number of hydrogen-bond donors (Lipinski definition) is 0. The monoisotopic (exact) mass is 773 g/mol. The number of rotatable bonds is 6. The Morgan fingerprint density at radius 3 is 1.70 bits per heavy atom. The molecule has 56 heavy (non-hydrogen) atoms. The van der Waals surface area contributed by atoms with Crippen LogP contribution in [0.5, 0.6) is 0 Å². The molecule has 2 saturated carbocycles. The second-order valence-corrected chi connectivity index (χ2v) is 19.0. The Hall–Kier alpha value is -2.61. The Balaban J connectivity index is 1.02. The number of hydrogen-bond acceptors (Lipinski definition) is 10. The quantitative estimate of drug-likeness (QED) is 0.264. The van der Waals surface area contributed by atoms with Gasteiger partial charge in [0.2, 0.25) is 11.6 Å². The molecule has 17 atom stereocenters. The fourth-order valence-corrected chi connectivity index (χ4v) is 12.8. The number of benzene rings is 2. The van der Waals surface area contributed by atoms with Gasteiger partial charge in [-0.2, -0.15) is 0 Å². The Kier molecular flexibility index (Phi) is 9.23. The topological polar surface area (TPSA) is 103 Å². The van der Waals surface area contributed by atoms with Crippen molar-refractivity contribution in [3.8, 4) is 0 Å². The van der Waals surface area contributed by atoms with E-state index >= 15 is 0 Å². The van der Waals surface area contributed by atoms with Gasteiger partial charge in [0.15, 0.2) is 23.8 Å². The van der Waals surface area contributed by atoms with E-state index in [0.29, 0.717) is 29.6 Å². The van der Waals surface area contributed by atoms with E-state index in [1.54, 1.807) is 4.90 Å². The van der Waals surface area contributed by atoms with Crippen LogP contribution in [-0.4, -0.2) is 59.8 Å². The van der Waals surface area contributed by atoms with Crippen molar-refractivity contribution in [1.29, 1.82) is 0 Å². The number of carbonyl (C=O) groups excluding carboxylic acids is 1. The summed E-state index contributed by atoms with van der Waals surface area (Å²) in [7, 11) is 0. The first-order valence-corrected chi connectivity index (χ1v) is 21.5. The molecule has 304 valence electrons. The molecule has 2 aliphatic carbocycles. The molecular formula is C45H59NO10. The summed E-state index contributed by atoms with van der Waals surface area (Å²) >= 11 is 0. The number of anilines is 2. The fraction of sp³-hybridized carbons (Fsp3) is 0.711. The van der Waals surface area contributed by atoms with Crippen molar-refractivity contribution >= 4 is 17.5 Å². The van der Waals surface area contributed by atoms with Crippen LogP contribution in [0, 0.1) is 47.3 Å². The van der Waals surface area contributed by atoms with Crippen LogP contribution in [0.15, 0.2) is 60.7 Å². The third kappa shape index (κ3) is 5.69. The summed E-state index contributed by atoms with van der Waals surface area (Å²) in [4.78, 5) is 41.8. The van der Waals surface area contributed by atoms with E-state index in [0.717, 1.165) is 51.4 Å². The zero-order valence-electron chi connectivity index (χ0n) is 33.7. The average molecular weight is 774 g/mol. The fourth-order valence-electron chi connectivity index (χ4n) is 12.8. The van der Waals surface area contributed by atoms with E-state index in [4.69, 9.17) is 43.2 Å². The molecule has 0 aromatic heterocycles. The molecule has 2 spiro atoms. The lowest BCUT2D eigenvalue weighted by atomic mass is 9.56. The van der Waals surface area contributed by atoms with Gasteiger partial charge in [-0.05, 0) is 112 Å². The first-order chi connectivity index (χ1) is 26.9. The number of carbonyl (C=O) groups is 1. The van der Waals surface area contributed by atoms with Crippen LogP contribution >= 0.6 is 0 Å². The Morgan fingerprint density at radius 2 is 1.16 bits per heavy atom. The highest BCUT2D eigenvalue weighted by molar-refractivity contribution is 5.96. The van der Waals surface area contributed by atoms with E-state index < -0.39 is 53.7 Å². The molecule has 8 saturated heterocycles. The molecule has 12 rings (SSSR count). The van der Waals surface area contributed by atoms with Gasteiger partial charge >= 0.3 is 6.09 Å². The van der Waals surface area contributed by atoms with Gasteiger partial charge in [0.05, 0.1) is 17.5 Å². The van der Waals surface area contributed by atoms with Crippen LogP contribution in [0.25, 0.3) is 0 Å². The summed E-state index contributed by atoms with van der Waals surface area (Å²) in [5.74, 6) is -0.249. The van der Waals surface area contributed by atoms with E-state index in [2.05, 4.69) is 27.7 Å². The summed E-state index contributed by atoms with van der Waals surface area (Å²) < 4.78 is 34.8. The molecule has 10 aliphatic rings. The largest absolute Gasteiger partial charge is 0.443 e. The molecule has 8 aliphatic heterocycles. The molecule has 11 nitrogen and oxygen atoms in total. The normalized spacial score (nSPS) is 48.1. The molecule has 8 heterocycles. The Morgan fingerprint density at radius 1 is 0.661 bits per heavy atom. The van der Waals surface area contributed by atoms with Crippen LogP contribution in [0.2, 0.25) is 0 Å². The van der Waals surface area contributed by atoms with Crippen molar-refractivity contribution in [1.82, 2.24) is 0 Å². The molecular weight excluding hydrogens is 714 g/mol. The second-order valence-electron chi connectivity index (χ2n) is 19.0. The average Bonchev–Trinajstić information content (AvgIpc) is 3.57. The molecule has 1 unspecified atom stereocenters. The van der Waals surface area contributed by atoms with Gasteiger partial charge in [0.25, 0.3) is 0 Å². The van der Waals surface area contributed by atoms with Gasteiger partial charge in [-0.15, -0.1) is 0 Å². The highest BCUT2D eigenvalue weighted by Crippen LogP contribution is 2.63. The van der Waals surface area contributed by atoms with Gasteiger partial charge in [0, 0.05) is 31.1 Å². The summed E-state index contributed by atoms with van der Waals surface area (Å²) in [6.07, 6.45) is 4.58. The molecule has 1 amide bonds. The minimum atomic E-state index is -0.926. The molecule has 4 bridgehead atoms. The van der Waals surface area contributed by atoms with Crippen molar-refractivity contribution in [2.24, 2.45) is 47.3 Å². The second kappa shape index (κ2) is 13.7. The van der Waals surface area contributed by atoms with Crippen molar-refractivity contribution in [3.05, 3.63) is 60.7 Å². The zero-order chi connectivity index (χ0) is 38.6. The summed E-state index contributed by atoms with van der Waals surface area (Å²) in [5, 5.41) is 0. The smallest absolute Gasteiger partial charge is 0.419 e. The predicted octanol–water partition coefficient (Wildman–Crippen LogP) is 9.22. The predicted molar refractivity (Wildman–Crippen MR) is 204 cm³/mol. The van der Waals surface area contributed by atoms with Gasteiger partial charge < -0.3 is 23.7 Å². The zero-order valence-corrected chi connectivity index (χ0v) is 33.7. The van der Waals surface area contributed by atoms with E-state index in [9.17, 15) is 4.79 Å². The molecule has 0 N–H and O–H groups in total. The van der Waals surface area contributed by atoms with Crippen LogP contribution in [0.3, 0.4) is 0 Å². The van der Waals surface area contributed by atoms with Crippen molar-refractivity contribution in [2.75, 3.05) is 4.90 Å². The third-order valence-corrected chi connectivity index (χ3v) is 15.8. The van der Waals surface area contributed by atoms with Gasteiger partial charge in [-0.3, -0.25) is 0 Å². The lowest BCUT2D eigenvalue weighted by molar-refractivity contribution is -0.573. The minimum absolute atomic E-state index is 0.0541. The first kappa shape index (κ1) is 37.6. The lowest BCUT2D eigenvalue weighted by Gasteiger charge is -2.62.